The van der Waals surface area contributed by atoms with Crippen LogP contribution < -0.4 is 9.47 Å². The van der Waals surface area contributed by atoms with Crippen LogP contribution in [0, 0.1) is 0 Å². The molecule has 1 N–H and O–H groups in total. The number of amides is 1. The number of carbonyl (C=O) groups excluding carboxylic acids is 2. The van der Waals surface area contributed by atoms with E-state index >= 15 is 0 Å². The van der Waals surface area contributed by atoms with Crippen molar-refractivity contribution in [2.75, 3.05) is 34.0 Å². The maximum Gasteiger partial charge on any atom is 0.295 e. The number of aliphatic hydroxyl groups is 1. The zero-order valence-electron chi connectivity index (χ0n) is 17.8. The van der Waals surface area contributed by atoms with Gasteiger partial charge >= 0.3 is 0 Å². The van der Waals surface area contributed by atoms with Crippen molar-refractivity contribution >= 4 is 17.4 Å². The first-order valence-corrected chi connectivity index (χ1v) is 10.0. The lowest BCUT2D eigenvalue weighted by atomic mass is 9.95. The SMILES string of the molecule is CCOc1ccc(C2/C(=C(\O)c3ccncc3)C(=O)C(=O)N2CCCOC)cc1OC. The minimum Gasteiger partial charge on any atom is -0.507 e. The summed E-state index contributed by atoms with van der Waals surface area (Å²) in [6, 6.07) is 7.64. The number of aromatic nitrogens is 1. The van der Waals surface area contributed by atoms with Crippen LogP contribution in [0.3, 0.4) is 0 Å². The predicted octanol–water partition coefficient (Wildman–Crippen LogP) is 2.95. The average molecular weight is 426 g/mol. The lowest BCUT2D eigenvalue weighted by Gasteiger charge is -2.26. The van der Waals surface area contributed by atoms with Crippen molar-refractivity contribution in [2.24, 2.45) is 0 Å². The van der Waals surface area contributed by atoms with E-state index in [1.807, 2.05) is 6.92 Å². The lowest BCUT2D eigenvalue weighted by Crippen LogP contribution is -2.31. The number of nitrogens with zero attached hydrogens (tertiary/aromatic N) is 2. The van der Waals surface area contributed by atoms with Gasteiger partial charge in [-0.05, 0) is 43.2 Å². The van der Waals surface area contributed by atoms with Crippen molar-refractivity contribution < 1.29 is 28.9 Å². The largest absolute Gasteiger partial charge is 0.507 e. The van der Waals surface area contributed by atoms with Crippen molar-refractivity contribution in [1.29, 1.82) is 0 Å². The van der Waals surface area contributed by atoms with Gasteiger partial charge in [0.15, 0.2) is 11.5 Å². The minimum absolute atomic E-state index is 0.0276. The van der Waals surface area contributed by atoms with Crippen molar-refractivity contribution in [1.82, 2.24) is 9.88 Å². The summed E-state index contributed by atoms with van der Waals surface area (Å²) in [5.74, 6) is -0.605. The van der Waals surface area contributed by atoms with Crippen LogP contribution in [0.5, 0.6) is 11.5 Å². The Balaban J connectivity index is 2.13. The summed E-state index contributed by atoms with van der Waals surface area (Å²) in [5, 5.41) is 11.0. The molecule has 2 aromatic rings. The van der Waals surface area contributed by atoms with Crippen molar-refractivity contribution in [3.05, 3.63) is 59.4 Å². The van der Waals surface area contributed by atoms with E-state index in [-0.39, 0.29) is 11.3 Å². The van der Waals surface area contributed by atoms with Gasteiger partial charge in [0, 0.05) is 38.2 Å². The Labute approximate surface area is 181 Å². The first-order chi connectivity index (χ1) is 15.0. The van der Waals surface area contributed by atoms with Crippen LogP contribution in [-0.2, 0) is 14.3 Å². The van der Waals surface area contributed by atoms with Crippen molar-refractivity contribution in [3.8, 4) is 11.5 Å². The number of Topliss-reactive ketones (excluding diaryl/α,β-unsaturated/α-hetero) is 1. The quantitative estimate of drug-likeness (QED) is 0.285. The lowest BCUT2D eigenvalue weighted by molar-refractivity contribution is -0.140. The van der Waals surface area contributed by atoms with Crippen LogP contribution in [0.15, 0.2) is 48.3 Å². The number of carbonyl (C=O) groups is 2. The number of hydrogen-bond donors (Lipinski definition) is 1. The second-order valence-corrected chi connectivity index (χ2v) is 6.92. The average Bonchev–Trinajstić information content (AvgIpc) is 3.05. The third kappa shape index (κ3) is 4.54. The maximum atomic E-state index is 13.0. The van der Waals surface area contributed by atoms with Gasteiger partial charge in [-0.15, -0.1) is 0 Å². The molecule has 1 aliphatic heterocycles. The highest BCUT2D eigenvalue weighted by atomic mass is 16.5. The smallest absolute Gasteiger partial charge is 0.295 e. The Hall–Kier alpha value is -3.39. The van der Waals surface area contributed by atoms with Gasteiger partial charge in [-0.3, -0.25) is 14.6 Å². The van der Waals surface area contributed by atoms with E-state index in [2.05, 4.69) is 4.98 Å². The fraction of sp³-hybridized carbons (Fsp3) is 0.348. The number of likely N-dealkylation sites (tertiary alicyclic amines) is 1. The topological polar surface area (TPSA) is 98.2 Å². The monoisotopic (exact) mass is 426 g/mol. The molecule has 1 aliphatic rings. The summed E-state index contributed by atoms with van der Waals surface area (Å²) in [4.78, 5) is 31.2. The van der Waals surface area contributed by atoms with Crippen LogP contribution in [-0.4, -0.2) is 60.7 Å². The van der Waals surface area contributed by atoms with Gasteiger partial charge in [0.2, 0.25) is 0 Å². The van der Waals surface area contributed by atoms with Crippen molar-refractivity contribution in [2.45, 2.75) is 19.4 Å². The zero-order valence-corrected chi connectivity index (χ0v) is 17.8. The number of methoxy groups -OCH3 is 2. The maximum absolute atomic E-state index is 13.0. The summed E-state index contributed by atoms with van der Waals surface area (Å²) >= 11 is 0. The van der Waals surface area contributed by atoms with Gasteiger partial charge in [0.25, 0.3) is 11.7 Å². The normalized spacial score (nSPS) is 17.8. The number of ketones is 1. The summed E-state index contributed by atoms with van der Waals surface area (Å²) < 4.78 is 16.1. The molecule has 1 aromatic heterocycles. The molecule has 1 aromatic carbocycles. The molecule has 8 nitrogen and oxygen atoms in total. The molecule has 3 rings (SSSR count). The Morgan fingerprint density at radius 1 is 1.13 bits per heavy atom. The van der Waals surface area contributed by atoms with E-state index in [1.165, 1.54) is 24.4 Å². The Morgan fingerprint density at radius 3 is 2.52 bits per heavy atom. The molecule has 0 aliphatic carbocycles. The van der Waals surface area contributed by atoms with Gasteiger partial charge < -0.3 is 24.2 Å². The number of pyridine rings is 1. The predicted molar refractivity (Wildman–Crippen MR) is 114 cm³/mol. The molecule has 1 amide bonds. The first-order valence-electron chi connectivity index (χ1n) is 10.0. The second kappa shape index (κ2) is 10.1. The van der Waals surface area contributed by atoms with E-state index in [9.17, 15) is 14.7 Å². The first kappa shape index (κ1) is 22.3. The standard InChI is InChI=1S/C23H26N2O6/c1-4-31-17-7-6-16(14-18(17)30-3)20-19(21(26)15-8-10-24-11-9-15)22(27)23(28)25(20)12-5-13-29-2/h6-11,14,20,26H,4-5,12-13H2,1-3H3/b21-19+. The highest BCUT2D eigenvalue weighted by Gasteiger charge is 2.46. The molecule has 31 heavy (non-hydrogen) atoms. The molecule has 1 fully saturated rings. The van der Waals surface area contributed by atoms with Gasteiger partial charge in [-0.1, -0.05) is 6.07 Å². The fourth-order valence-corrected chi connectivity index (χ4v) is 3.63. The molecule has 1 saturated heterocycles. The van der Waals surface area contributed by atoms with E-state index in [0.29, 0.717) is 48.8 Å². The van der Waals surface area contributed by atoms with Gasteiger partial charge in [0.05, 0.1) is 25.3 Å². The molecule has 1 atom stereocenters. The number of benzene rings is 1. The highest BCUT2D eigenvalue weighted by molar-refractivity contribution is 6.46. The number of ether oxygens (including phenoxy) is 3. The second-order valence-electron chi connectivity index (χ2n) is 6.92. The minimum atomic E-state index is -0.769. The Morgan fingerprint density at radius 2 is 1.87 bits per heavy atom. The Kier molecular flexibility index (Phi) is 7.25. The summed E-state index contributed by atoms with van der Waals surface area (Å²) in [5.41, 5.74) is 1.07. The Bertz CT molecular complexity index is 973. The molecular formula is C23H26N2O6. The van der Waals surface area contributed by atoms with E-state index in [1.54, 1.807) is 37.4 Å². The summed E-state index contributed by atoms with van der Waals surface area (Å²) in [6.45, 7) is 3.07. The van der Waals surface area contributed by atoms with Crippen LogP contribution in [0.1, 0.15) is 30.5 Å². The van der Waals surface area contributed by atoms with Crippen LogP contribution >= 0.6 is 0 Å². The van der Waals surface area contributed by atoms with E-state index in [0.717, 1.165) is 0 Å². The molecule has 0 radical (unpaired) electrons. The molecule has 164 valence electrons. The fourth-order valence-electron chi connectivity index (χ4n) is 3.63. The molecular weight excluding hydrogens is 400 g/mol. The molecule has 8 heteroatoms. The summed E-state index contributed by atoms with van der Waals surface area (Å²) in [7, 11) is 3.10. The van der Waals surface area contributed by atoms with Crippen LogP contribution in [0.25, 0.3) is 5.76 Å². The highest BCUT2D eigenvalue weighted by Crippen LogP contribution is 2.42. The van der Waals surface area contributed by atoms with Crippen molar-refractivity contribution in [3.63, 3.8) is 0 Å². The van der Waals surface area contributed by atoms with Crippen LogP contribution in [0.4, 0.5) is 0 Å². The zero-order chi connectivity index (χ0) is 22.4. The molecule has 0 bridgehead atoms. The molecule has 1 unspecified atom stereocenters. The molecule has 2 heterocycles. The van der Waals surface area contributed by atoms with Gasteiger partial charge in [-0.25, -0.2) is 0 Å². The van der Waals surface area contributed by atoms with E-state index < -0.39 is 17.7 Å². The third-order valence-electron chi connectivity index (χ3n) is 5.04. The molecule has 0 saturated carbocycles. The number of hydrogen-bond acceptors (Lipinski definition) is 7. The summed E-state index contributed by atoms with van der Waals surface area (Å²) in [6.07, 6.45) is 3.57. The van der Waals surface area contributed by atoms with Crippen LogP contribution in [0.2, 0.25) is 0 Å². The molecule has 0 spiro atoms. The van der Waals surface area contributed by atoms with Gasteiger partial charge in [-0.2, -0.15) is 0 Å². The number of rotatable bonds is 9. The van der Waals surface area contributed by atoms with E-state index in [4.69, 9.17) is 14.2 Å². The van der Waals surface area contributed by atoms with Gasteiger partial charge in [0.1, 0.15) is 5.76 Å². The third-order valence-corrected chi connectivity index (χ3v) is 5.04. The number of aliphatic hydroxyl groups excluding tert-OH is 1.